The van der Waals surface area contributed by atoms with Crippen molar-refractivity contribution in [2.24, 2.45) is 0 Å². The lowest BCUT2D eigenvalue weighted by molar-refractivity contribution is 0.415. The zero-order valence-corrected chi connectivity index (χ0v) is 20.5. The Morgan fingerprint density at radius 1 is 1.03 bits per heavy atom. The topological polar surface area (TPSA) is 72.4 Å². The van der Waals surface area contributed by atoms with Crippen molar-refractivity contribution in [1.82, 2.24) is 9.40 Å². The standard InChI is InChI=1S/C27H31N3O3S/c1-3-6-20-15-24(16-21-11-12-23(33-2)17-25(20)21)34(31,32)29-14-13-28-30-18-22-9-4-7-19-8-5-10-26(30)27(19)22/h5,8,10-12,15-18,28-29H,3-4,6-7,9,13-14H2,1-2H3. The van der Waals surface area contributed by atoms with Gasteiger partial charge in [-0.25, -0.2) is 13.1 Å². The summed E-state index contributed by atoms with van der Waals surface area (Å²) in [6, 6.07) is 15.7. The molecular formula is C27H31N3O3S. The van der Waals surface area contributed by atoms with Crippen LogP contribution in [-0.4, -0.2) is 33.3 Å². The maximum absolute atomic E-state index is 13.1. The molecule has 7 heteroatoms. The molecule has 0 spiro atoms. The van der Waals surface area contributed by atoms with Gasteiger partial charge in [-0.05, 0) is 83.5 Å². The van der Waals surface area contributed by atoms with Crippen LogP contribution < -0.4 is 14.9 Å². The van der Waals surface area contributed by atoms with E-state index in [1.54, 1.807) is 19.2 Å². The van der Waals surface area contributed by atoms with E-state index >= 15 is 0 Å². The molecule has 6 nitrogen and oxygen atoms in total. The molecule has 0 fully saturated rings. The third-order valence-corrected chi connectivity index (χ3v) is 8.08. The second-order valence-corrected chi connectivity index (χ2v) is 10.7. The third kappa shape index (κ3) is 4.26. The van der Waals surface area contributed by atoms with Crippen LogP contribution in [0.2, 0.25) is 0 Å². The van der Waals surface area contributed by atoms with E-state index in [-0.39, 0.29) is 0 Å². The SMILES string of the molecule is CCCc1cc(S(=O)(=O)NCCNn2cc3c4c(cccc42)CCC3)cc2ccc(OC)cc12. The van der Waals surface area contributed by atoms with Crippen LogP contribution in [0.1, 0.15) is 36.5 Å². The van der Waals surface area contributed by atoms with E-state index in [2.05, 4.69) is 41.5 Å². The summed E-state index contributed by atoms with van der Waals surface area (Å²) in [5.41, 5.74) is 8.31. The summed E-state index contributed by atoms with van der Waals surface area (Å²) in [7, 11) is -1.99. The molecule has 178 valence electrons. The molecule has 1 aliphatic rings. The van der Waals surface area contributed by atoms with Crippen LogP contribution in [-0.2, 0) is 29.3 Å². The molecule has 0 unspecified atom stereocenters. The Hall–Kier alpha value is -3.03. The minimum absolute atomic E-state index is 0.292. The van der Waals surface area contributed by atoms with Crippen molar-refractivity contribution in [2.45, 2.75) is 43.9 Å². The van der Waals surface area contributed by atoms with Gasteiger partial charge in [0.05, 0.1) is 17.5 Å². The molecule has 0 amide bonds. The van der Waals surface area contributed by atoms with Gasteiger partial charge in [-0.15, -0.1) is 0 Å². The molecule has 5 rings (SSSR count). The average molecular weight is 478 g/mol. The molecule has 0 radical (unpaired) electrons. The molecule has 1 aromatic heterocycles. The largest absolute Gasteiger partial charge is 0.497 e. The van der Waals surface area contributed by atoms with Crippen molar-refractivity contribution in [3.8, 4) is 5.75 Å². The number of methoxy groups -OCH3 is 1. The number of aromatic nitrogens is 1. The van der Waals surface area contributed by atoms with Crippen molar-refractivity contribution in [2.75, 3.05) is 25.6 Å². The number of rotatable bonds is 9. The highest BCUT2D eigenvalue weighted by molar-refractivity contribution is 7.89. The Morgan fingerprint density at radius 2 is 1.88 bits per heavy atom. The van der Waals surface area contributed by atoms with Crippen LogP contribution in [0.4, 0.5) is 0 Å². The molecule has 1 aliphatic carbocycles. The second-order valence-electron chi connectivity index (χ2n) is 8.91. The monoisotopic (exact) mass is 477 g/mol. The fourth-order valence-electron chi connectivity index (χ4n) is 5.03. The lowest BCUT2D eigenvalue weighted by Gasteiger charge is -2.14. The Morgan fingerprint density at radius 3 is 2.71 bits per heavy atom. The van der Waals surface area contributed by atoms with Gasteiger partial charge in [-0.2, -0.15) is 0 Å². The van der Waals surface area contributed by atoms with E-state index in [1.165, 1.54) is 22.9 Å². The van der Waals surface area contributed by atoms with Crippen molar-refractivity contribution in [3.05, 3.63) is 71.4 Å². The van der Waals surface area contributed by atoms with Crippen LogP contribution in [0.15, 0.2) is 59.6 Å². The minimum Gasteiger partial charge on any atom is -0.497 e. The van der Waals surface area contributed by atoms with E-state index in [0.717, 1.165) is 53.3 Å². The Kier molecular flexibility index (Phi) is 6.23. The van der Waals surface area contributed by atoms with Gasteiger partial charge < -0.3 is 10.2 Å². The number of ether oxygens (including phenoxy) is 1. The maximum Gasteiger partial charge on any atom is 0.240 e. The summed E-state index contributed by atoms with van der Waals surface area (Å²) in [5.74, 6) is 0.771. The molecule has 34 heavy (non-hydrogen) atoms. The molecule has 0 atom stereocenters. The number of sulfonamides is 1. The highest BCUT2D eigenvalue weighted by Gasteiger charge is 2.18. The van der Waals surface area contributed by atoms with Crippen molar-refractivity contribution < 1.29 is 13.2 Å². The second kappa shape index (κ2) is 9.31. The van der Waals surface area contributed by atoms with E-state index < -0.39 is 10.0 Å². The molecule has 0 saturated carbocycles. The van der Waals surface area contributed by atoms with Gasteiger partial charge in [0, 0.05) is 24.7 Å². The number of hydrogen-bond acceptors (Lipinski definition) is 4. The normalized spacial score (nSPS) is 13.5. The average Bonchev–Trinajstić information content (AvgIpc) is 3.21. The Bertz CT molecular complexity index is 1460. The fraction of sp³-hybridized carbons (Fsp3) is 0.333. The van der Waals surface area contributed by atoms with Gasteiger partial charge in [-0.1, -0.05) is 31.5 Å². The molecule has 2 N–H and O–H groups in total. The highest BCUT2D eigenvalue weighted by Crippen LogP contribution is 2.31. The Balaban J connectivity index is 1.32. The minimum atomic E-state index is -3.63. The number of benzene rings is 3. The molecule has 0 aliphatic heterocycles. The molecule has 3 aromatic carbocycles. The summed E-state index contributed by atoms with van der Waals surface area (Å²) >= 11 is 0. The molecular weight excluding hydrogens is 446 g/mol. The van der Waals surface area contributed by atoms with Crippen LogP contribution in [0.3, 0.4) is 0 Å². The Labute approximate surface area is 200 Å². The summed E-state index contributed by atoms with van der Waals surface area (Å²) in [5, 5.41) is 3.28. The van der Waals surface area contributed by atoms with Crippen molar-refractivity contribution in [1.29, 1.82) is 0 Å². The first-order valence-corrected chi connectivity index (χ1v) is 13.4. The smallest absolute Gasteiger partial charge is 0.240 e. The number of nitrogens with one attached hydrogen (secondary N) is 2. The quantitative estimate of drug-likeness (QED) is 0.341. The van der Waals surface area contributed by atoms with Crippen LogP contribution in [0.5, 0.6) is 5.75 Å². The first kappa shape index (κ1) is 22.7. The van der Waals surface area contributed by atoms with Gasteiger partial charge in [0.25, 0.3) is 0 Å². The van der Waals surface area contributed by atoms with Gasteiger partial charge in [0.15, 0.2) is 0 Å². The molecule has 1 heterocycles. The summed E-state index contributed by atoms with van der Waals surface area (Å²) in [6.45, 7) is 2.87. The van der Waals surface area contributed by atoms with Crippen LogP contribution in [0.25, 0.3) is 21.7 Å². The zero-order valence-electron chi connectivity index (χ0n) is 19.7. The summed E-state index contributed by atoms with van der Waals surface area (Å²) in [6.07, 6.45) is 7.27. The third-order valence-electron chi connectivity index (χ3n) is 6.64. The first-order valence-electron chi connectivity index (χ1n) is 12.0. The van der Waals surface area contributed by atoms with E-state index in [1.807, 2.05) is 22.9 Å². The number of fused-ring (bicyclic) bond motifs is 1. The van der Waals surface area contributed by atoms with Crippen molar-refractivity contribution in [3.63, 3.8) is 0 Å². The number of hydrogen-bond donors (Lipinski definition) is 2. The van der Waals surface area contributed by atoms with Gasteiger partial charge in [0.2, 0.25) is 10.0 Å². The lowest BCUT2D eigenvalue weighted by Crippen LogP contribution is -2.31. The molecule has 4 aromatic rings. The predicted molar refractivity (Wildman–Crippen MR) is 138 cm³/mol. The lowest BCUT2D eigenvalue weighted by atomic mass is 9.93. The van der Waals surface area contributed by atoms with Crippen molar-refractivity contribution >= 4 is 31.7 Å². The zero-order chi connectivity index (χ0) is 23.7. The predicted octanol–water partition coefficient (Wildman–Crippen LogP) is 4.77. The highest BCUT2D eigenvalue weighted by atomic mass is 32.2. The van der Waals surface area contributed by atoms with Gasteiger partial charge in [-0.3, -0.25) is 4.68 Å². The summed E-state index contributed by atoms with van der Waals surface area (Å²) < 4.78 is 36.4. The van der Waals surface area contributed by atoms with Crippen LogP contribution >= 0.6 is 0 Å². The van der Waals surface area contributed by atoms with E-state index in [4.69, 9.17) is 4.74 Å². The molecule has 0 bridgehead atoms. The van der Waals surface area contributed by atoms with Gasteiger partial charge >= 0.3 is 0 Å². The molecule has 0 saturated heterocycles. The fourth-order valence-corrected chi connectivity index (χ4v) is 6.15. The maximum atomic E-state index is 13.1. The van der Waals surface area contributed by atoms with E-state index in [0.29, 0.717) is 18.0 Å². The van der Waals surface area contributed by atoms with Gasteiger partial charge in [0.1, 0.15) is 5.75 Å². The summed E-state index contributed by atoms with van der Waals surface area (Å²) in [4.78, 5) is 0.304. The number of nitrogens with zero attached hydrogens (tertiary/aromatic N) is 1. The van der Waals surface area contributed by atoms with Crippen LogP contribution in [0, 0.1) is 0 Å². The van der Waals surface area contributed by atoms with E-state index in [9.17, 15) is 8.42 Å². The first-order chi connectivity index (χ1) is 16.5. The number of aryl methyl sites for hydroxylation is 3.